The van der Waals surface area contributed by atoms with Crippen LogP contribution in [0.15, 0.2) is 17.1 Å². The average Bonchev–Trinajstić information content (AvgIpc) is 2.38. The first kappa shape index (κ1) is 7.32. The van der Waals surface area contributed by atoms with Gasteiger partial charge in [-0.2, -0.15) is 0 Å². The van der Waals surface area contributed by atoms with Crippen LogP contribution in [0, 0.1) is 0 Å². The second-order valence-electron chi connectivity index (χ2n) is 3.11. The first-order chi connectivity index (χ1) is 4.67. The van der Waals surface area contributed by atoms with Crippen LogP contribution in [0.4, 0.5) is 0 Å². The molecule has 1 heterocycles. The summed E-state index contributed by atoms with van der Waals surface area (Å²) in [6, 6.07) is 0. The lowest BCUT2D eigenvalue weighted by atomic mass is 9.87. The molecule has 0 N–H and O–H groups in total. The number of hydrogen-bond acceptors (Lipinski definition) is 2. The molecule has 0 radical (unpaired) electrons. The molecule has 0 unspecified atom stereocenters. The van der Waals surface area contributed by atoms with Crippen LogP contribution >= 0.6 is 0 Å². The third kappa shape index (κ3) is 1.20. The molecule has 0 fully saturated rings. The van der Waals surface area contributed by atoms with Gasteiger partial charge in [-0.1, -0.05) is 20.8 Å². The van der Waals surface area contributed by atoms with Crippen molar-refractivity contribution in [3.8, 4) is 0 Å². The second kappa shape index (κ2) is 2.45. The molecule has 2 heteroatoms. The summed E-state index contributed by atoms with van der Waals surface area (Å²) in [7, 11) is 0. The maximum atomic E-state index is 4.89. The Hall–Kier alpha value is -0.790. The van der Waals surface area contributed by atoms with Gasteiger partial charge in [0, 0.05) is 5.41 Å². The summed E-state index contributed by atoms with van der Waals surface area (Å²) < 4.78 is 4.89. The van der Waals surface area contributed by atoms with E-state index in [1.807, 2.05) is 0 Å². The number of oxazole rings is 1. The summed E-state index contributed by atoms with van der Waals surface area (Å²) in [6.07, 6.45) is 4.27. The molecule has 0 atom stereocenters. The van der Waals surface area contributed by atoms with Crippen molar-refractivity contribution in [1.82, 2.24) is 4.98 Å². The smallest absolute Gasteiger partial charge is 0.180 e. The summed E-state index contributed by atoms with van der Waals surface area (Å²) in [5, 5.41) is 0. The van der Waals surface area contributed by atoms with Gasteiger partial charge >= 0.3 is 0 Å². The Bertz CT molecular complexity index is 189. The summed E-state index contributed by atoms with van der Waals surface area (Å²) in [5.41, 5.74) is 1.20. The third-order valence-corrected chi connectivity index (χ3v) is 2.01. The summed E-state index contributed by atoms with van der Waals surface area (Å²) in [5.74, 6) is 0. The monoisotopic (exact) mass is 139 g/mol. The molecule has 0 aliphatic carbocycles. The van der Waals surface area contributed by atoms with Crippen molar-refractivity contribution < 1.29 is 4.42 Å². The fraction of sp³-hybridized carbons (Fsp3) is 0.625. The SMILES string of the molecule is CCC(C)(C)c1cocn1. The van der Waals surface area contributed by atoms with Gasteiger partial charge in [0.1, 0.15) is 6.26 Å². The molecule has 56 valence electrons. The first-order valence-corrected chi connectivity index (χ1v) is 3.55. The highest BCUT2D eigenvalue weighted by atomic mass is 16.3. The van der Waals surface area contributed by atoms with E-state index in [0.29, 0.717) is 0 Å². The van der Waals surface area contributed by atoms with Gasteiger partial charge < -0.3 is 4.42 Å². The molecule has 0 aromatic carbocycles. The lowest BCUT2D eigenvalue weighted by Crippen LogP contribution is -2.15. The molecule has 0 aliphatic rings. The van der Waals surface area contributed by atoms with E-state index < -0.39 is 0 Å². The minimum absolute atomic E-state index is 0.160. The van der Waals surface area contributed by atoms with Crippen LogP contribution in [-0.4, -0.2) is 4.98 Å². The van der Waals surface area contributed by atoms with Crippen molar-refractivity contribution in [3.05, 3.63) is 18.4 Å². The van der Waals surface area contributed by atoms with E-state index in [9.17, 15) is 0 Å². The van der Waals surface area contributed by atoms with E-state index in [1.165, 1.54) is 6.39 Å². The Labute approximate surface area is 61.3 Å². The third-order valence-electron chi connectivity index (χ3n) is 2.01. The van der Waals surface area contributed by atoms with Gasteiger partial charge in [-0.15, -0.1) is 0 Å². The van der Waals surface area contributed by atoms with Crippen LogP contribution in [0.25, 0.3) is 0 Å². The Morgan fingerprint density at radius 3 is 2.70 bits per heavy atom. The van der Waals surface area contributed by atoms with E-state index in [1.54, 1.807) is 6.26 Å². The van der Waals surface area contributed by atoms with Crippen molar-refractivity contribution in [2.45, 2.75) is 32.6 Å². The molecule has 1 aromatic heterocycles. The molecule has 0 spiro atoms. The molecular weight excluding hydrogens is 126 g/mol. The van der Waals surface area contributed by atoms with Gasteiger partial charge in [-0.3, -0.25) is 0 Å². The van der Waals surface area contributed by atoms with Crippen molar-refractivity contribution in [3.63, 3.8) is 0 Å². The predicted molar refractivity (Wildman–Crippen MR) is 39.8 cm³/mol. The van der Waals surface area contributed by atoms with Gasteiger partial charge in [-0.25, -0.2) is 4.98 Å². The zero-order valence-electron chi connectivity index (χ0n) is 6.72. The van der Waals surface area contributed by atoms with Crippen LogP contribution in [0.2, 0.25) is 0 Å². The zero-order chi connectivity index (χ0) is 7.61. The van der Waals surface area contributed by atoms with Gasteiger partial charge in [0.2, 0.25) is 0 Å². The summed E-state index contributed by atoms with van der Waals surface area (Å²) in [4.78, 5) is 4.09. The molecule has 0 bridgehead atoms. The molecule has 0 saturated heterocycles. The van der Waals surface area contributed by atoms with Crippen LogP contribution in [0.5, 0.6) is 0 Å². The predicted octanol–water partition coefficient (Wildman–Crippen LogP) is 2.36. The van der Waals surface area contributed by atoms with Crippen molar-refractivity contribution in [2.75, 3.05) is 0 Å². The van der Waals surface area contributed by atoms with E-state index in [-0.39, 0.29) is 5.41 Å². The first-order valence-electron chi connectivity index (χ1n) is 3.55. The highest BCUT2D eigenvalue weighted by molar-refractivity contribution is 5.06. The number of rotatable bonds is 2. The fourth-order valence-corrected chi connectivity index (χ4v) is 0.728. The van der Waals surface area contributed by atoms with Gasteiger partial charge in [0.15, 0.2) is 6.39 Å². The molecule has 1 rings (SSSR count). The number of hydrogen-bond donors (Lipinski definition) is 0. The summed E-state index contributed by atoms with van der Waals surface area (Å²) in [6.45, 7) is 6.46. The van der Waals surface area contributed by atoms with Gasteiger partial charge in [0.25, 0.3) is 0 Å². The standard InChI is InChI=1S/C8H13NO/c1-4-8(2,3)7-5-10-6-9-7/h5-6H,4H2,1-3H3. The minimum atomic E-state index is 0.160. The summed E-state index contributed by atoms with van der Waals surface area (Å²) >= 11 is 0. The van der Waals surface area contributed by atoms with Crippen LogP contribution in [-0.2, 0) is 5.41 Å². The molecule has 1 aromatic rings. The van der Waals surface area contributed by atoms with Crippen LogP contribution in [0.3, 0.4) is 0 Å². The van der Waals surface area contributed by atoms with Crippen molar-refractivity contribution in [1.29, 1.82) is 0 Å². The second-order valence-corrected chi connectivity index (χ2v) is 3.11. The highest BCUT2D eigenvalue weighted by Gasteiger charge is 2.20. The lowest BCUT2D eigenvalue weighted by molar-refractivity contribution is 0.484. The van der Waals surface area contributed by atoms with E-state index in [2.05, 4.69) is 25.8 Å². The van der Waals surface area contributed by atoms with Crippen LogP contribution < -0.4 is 0 Å². The molecule has 2 nitrogen and oxygen atoms in total. The largest absolute Gasteiger partial charge is 0.451 e. The van der Waals surface area contributed by atoms with Gasteiger partial charge in [-0.05, 0) is 6.42 Å². The van der Waals surface area contributed by atoms with Gasteiger partial charge in [0.05, 0.1) is 5.69 Å². The maximum absolute atomic E-state index is 4.89. The molecule has 0 aliphatic heterocycles. The zero-order valence-corrected chi connectivity index (χ0v) is 6.72. The maximum Gasteiger partial charge on any atom is 0.180 e. The quantitative estimate of drug-likeness (QED) is 0.628. The molecule has 0 saturated carbocycles. The minimum Gasteiger partial charge on any atom is -0.451 e. The number of nitrogens with zero attached hydrogens (tertiary/aromatic N) is 1. The van der Waals surface area contributed by atoms with Crippen molar-refractivity contribution >= 4 is 0 Å². The Kier molecular flexibility index (Phi) is 1.79. The van der Waals surface area contributed by atoms with E-state index >= 15 is 0 Å². The Morgan fingerprint density at radius 1 is 1.60 bits per heavy atom. The Morgan fingerprint density at radius 2 is 2.30 bits per heavy atom. The van der Waals surface area contributed by atoms with E-state index in [4.69, 9.17) is 4.42 Å². The van der Waals surface area contributed by atoms with Crippen LogP contribution in [0.1, 0.15) is 32.9 Å². The molecular formula is C8H13NO. The molecule has 10 heavy (non-hydrogen) atoms. The molecule has 0 amide bonds. The van der Waals surface area contributed by atoms with Crippen molar-refractivity contribution in [2.24, 2.45) is 0 Å². The average molecular weight is 139 g/mol. The number of aromatic nitrogens is 1. The van der Waals surface area contributed by atoms with E-state index in [0.717, 1.165) is 12.1 Å². The lowest BCUT2D eigenvalue weighted by Gasteiger charge is -2.18. The fourth-order valence-electron chi connectivity index (χ4n) is 0.728. The topological polar surface area (TPSA) is 26.0 Å². The Balaban J connectivity index is 2.85. The highest BCUT2D eigenvalue weighted by Crippen LogP contribution is 2.24. The normalized spacial score (nSPS) is 11.9.